The predicted molar refractivity (Wildman–Crippen MR) is 99.0 cm³/mol. The molecule has 1 fully saturated rings. The third-order valence-electron chi connectivity index (χ3n) is 4.53. The normalized spacial score (nSPS) is 14.8. The Morgan fingerprint density at radius 3 is 2.58 bits per heavy atom. The Morgan fingerprint density at radius 1 is 1.12 bits per heavy atom. The molecular weight excluding hydrogens is 373 g/mol. The van der Waals surface area contributed by atoms with Crippen molar-refractivity contribution >= 4 is 29.1 Å². The first-order valence-corrected chi connectivity index (χ1v) is 8.95. The fourth-order valence-corrected chi connectivity index (χ4v) is 3.25. The molecule has 4 rings (SSSR count). The van der Waals surface area contributed by atoms with E-state index in [2.05, 4.69) is 15.5 Å². The van der Waals surface area contributed by atoms with Crippen molar-refractivity contribution in [3.63, 3.8) is 0 Å². The van der Waals surface area contributed by atoms with Crippen LogP contribution in [0.2, 0.25) is 10.0 Å². The summed E-state index contributed by atoms with van der Waals surface area (Å²) >= 11 is 11.9. The van der Waals surface area contributed by atoms with Gasteiger partial charge in [-0.25, -0.2) is 0 Å². The number of hydrogen-bond donors (Lipinski definition) is 1. The van der Waals surface area contributed by atoms with Crippen molar-refractivity contribution in [3.8, 4) is 11.4 Å². The first kappa shape index (κ1) is 17.1. The maximum absolute atomic E-state index is 12.7. The number of hydrogen-bond acceptors (Lipinski definition) is 4. The fourth-order valence-electron chi connectivity index (χ4n) is 2.94. The Morgan fingerprint density at radius 2 is 1.88 bits per heavy atom. The highest BCUT2D eigenvalue weighted by molar-refractivity contribution is 6.31. The highest BCUT2D eigenvalue weighted by Crippen LogP contribution is 2.48. The van der Waals surface area contributed by atoms with E-state index in [0.717, 1.165) is 24.0 Å². The summed E-state index contributed by atoms with van der Waals surface area (Å²) in [7, 11) is 0. The largest absolute Gasteiger partial charge is 0.346 e. The van der Waals surface area contributed by atoms with E-state index in [4.69, 9.17) is 27.7 Å². The van der Waals surface area contributed by atoms with Crippen LogP contribution in [0, 0.1) is 0 Å². The average molecular weight is 388 g/mol. The molecule has 1 N–H and O–H groups in total. The van der Waals surface area contributed by atoms with Gasteiger partial charge in [-0.2, -0.15) is 4.98 Å². The maximum atomic E-state index is 12.7. The van der Waals surface area contributed by atoms with E-state index < -0.39 is 5.41 Å². The molecule has 132 valence electrons. The summed E-state index contributed by atoms with van der Waals surface area (Å²) in [5.41, 5.74) is 1.27. The molecule has 2 aromatic carbocycles. The van der Waals surface area contributed by atoms with E-state index in [-0.39, 0.29) is 12.5 Å². The zero-order valence-corrected chi connectivity index (χ0v) is 15.2. The Balaban J connectivity index is 1.43. The molecule has 3 aromatic rings. The quantitative estimate of drug-likeness (QED) is 0.704. The van der Waals surface area contributed by atoms with Crippen LogP contribution in [-0.2, 0) is 16.8 Å². The van der Waals surface area contributed by atoms with Crippen molar-refractivity contribution in [3.05, 3.63) is 70.0 Å². The Kier molecular flexibility index (Phi) is 4.42. The van der Waals surface area contributed by atoms with Crippen LogP contribution in [-0.4, -0.2) is 16.0 Å². The van der Waals surface area contributed by atoms with Gasteiger partial charge in [-0.1, -0.05) is 52.6 Å². The van der Waals surface area contributed by atoms with Crippen LogP contribution >= 0.6 is 23.2 Å². The molecule has 1 heterocycles. The molecular formula is C19H15Cl2N3O2. The maximum Gasteiger partial charge on any atom is 0.246 e. The summed E-state index contributed by atoms with van der Waals surface area (Å²) in [6.07, 6.45) is 1.64. The molecule has 0 unspecified atom stereocenters. The zero-order valence-electron chi connectivity index (χ0n) is 13.7. The van der Waals surface area contributed by atoms with Crippen LogP contribution in [0.3, 0.4) is 0 Å². The van der Waals surface area contributed by atoms with Crippen molar-refractivity contribution < 1.29 is 9.32 Å². The summed E-state index contributed by atoms with van der Waals surface area (Å²) in [4.78, 5) is 17.0. The van der Waals surface area contributed by atoms with Gasteiger partial charge in [-0.15, -0.1) is 0 Å². The minimum absolute atomic E-state index is 0.0395. The lowest BCUT2D eigenvalue weighted by molar-refractivity contribution is -0.123. The second-order valence-electron chi connectivity index (χ2n) is 6.29. The van der Waals surface area contributed by atoms with Gasteiger partial charge < -0.3 is 9.84 Å². The fraction of sp³-hybridized carbons (Fsp3) is 0.211. The van der Waals surface area contributed by atoms with Crippen molar-refractivity contribution in [2.75, 3.05) is 0 Å². The average Bonchev–Trinajstić information content (AvgIpc) is 3.31. The minimum Gasteiger partial charge on any atom is -0.346 e. The third-order valence-corrected chi connectivity index (χ3v) is 5.02. The summed E-state index contributed by atoms with van der Waals surface area (Å²) in [6, 6.07) is 14.6. The summed E-state index contributed by atoms with van der Waals surface area (Å²) in [6.45, 7) is 0.182. The number of rotatable bonds is 5. The first-order valence-electron chi connectivity index (χ1n) is 8.20. The number of nitrogens with zero attached hydrogens (tertiary/aromatic N) is 2. The second-order valence-corrected chi connectivity index (χ2v) is 7.17. The molecule has 26 heavy (non-hydrogen) atoms. The first-order chi connectivity index (χ1) is 12.6. The van der Waals surface area contributed by atoms with Crippen LogP contribution in [0.25, 0.3) is 11.4 Å². The lowest BCUT2D eigenvalue weighted by atomic mass is 9.95. The molecule has 0 spiro atoms. The summed E-state index contributed by atoms with van der Waals surface area (Å²) in [5, 5.41) is 8.09. The molecule has 1 saturated carbocycles. The van der Waals surface area contributed by atoms with Crippen LogP contribution < -0.4 is 5.32 Å². The molecule has 7 heteroatoms. The number of benzene rings is 2. The number of halogens is 2. The van der Waals surface area contributed by atoms with Gasteiger partial charge in [0.1, 0.15) is 0 Å². The third kappa shape index (κ3) is 3.32. The molecule has 1 aromatic heterocycles. The van der Waals surface area contributed by atoms with Crippen LogP contribution in [0.1, 0.15) is 24.3 Å². The molecule has 1 aliphatic carbocycles. The molecule has 1 aliphatic rings. The van der Waals surface area contributed by atoms with E-state index in [1.54, 1.807) is 24.3 Å². The number of amides is 1. The summed E-state index contributed by atoms with van der Waals surface area (Å²) in [5.74, 6) is 0.748. The molecule has 0 radical (unpaired) electrons. The van der Waals surface area contributed by atoms with Crippen molar-refractivity contribution in [1.82, 2.24) is 15.5 Å². The van der Waals surface area contributed by atoms with Gasteiger partial charge in [0.05, 0.1) is 12.0 Å². The Labute approximate surface area is 160 Å². The van der Waals surface area contributed by atoms with E-state index >= 15 is 0 Å². The molecule has 5 nitrogen and oxygen atoms in total. The zero-order chi connectivity index (χ0) is 18.1. The van der Waals surface area contributed by atoms with Crippen LogP contribution in [0.15, 0.2) is 53.1 Å². The SMILES string of the molecule is O=C(NCc1nc(-c2cccc(Cl)c2)no1)C1(c2ccc(Cl)cc2)CC1. The highest BCUT2D eigenvalue weighted by atomic mass is 35.5. The van der Waals surface area contributed by atoms with Gasteiger partial charge in [-0.05, 0) is 42.7 Å². The van der Waals surface area contributed by atoms with E-state index in [1.807, 2.05) is 24.3 Å². The number of carbonyl (C=O) groups excluding carboxylic acids is 1. The monoisotopic (exact) mass is 387 g/mol. The molecule has 0 atom stereocenters. The van der Waals surface area contributed by atoms with Gasteiger partial charge in [0.15, 0.2) is 0 Å². The molecule has 0 aliphatic heterocycles. The Bertz CT molecular complexity index is 949. The number of carbonyl (C=O) groups is 1. The summed E-state index contributed by atoms with van der Waals surface area (Å²) < 4.78 is 5.23. The van der Waals surface area contributed by atoms with Crippen LogP contribution in [0.4, 0.5) is 0 Å². The van der Waals surface area contributed by atoms with Gasteiger partial charge >= 0.3 is 0 Å². The standard InChI is InChI=1S/C19H15Cl2N3O2/c20-14-6-4-13(5-7-14)19(8-9-19)18(25)22-11-16-23-17(24-26-16)12-2-1-3-15(21)10-12/h1-7,10H,8-9,11H2,(H,22,25). The lowest BCUT2D eigenvalue weighted by Crippen LogP contribution is -2.34. The number of nitrogens with one attached hydrogen (secondary N) is 1. The van der Waals surface area contributed by atoms with E-state index in [0.29, 0.717) is 21.8 Å². The van der Waals surface area contributed by atoms with Crippen molar-refractivity contribution in [2.45, 2.75) is 24.8 Å². The number of aromatic nitrogens is 2. The second kappa shape index (κ2) is 6.74. The topological polar surface area (TPSA) is 68.0 Å². The van der Waals surface area contributed by atoms with Gasteiger partial charge in [-0.3, -0.25) is 4.79 Å². The van der Waals surface area contributed by atoms with Gasteiger partial charge in [0.2, 0.25) is 17.6 Å². The Hall–Kier alpha value is -2.37. The van der Waals surface area contributed by atoms with E-state index in [9.17, 15) is 4.79 Å². The predicted octanol–water partition coefficient (Wildman–Crippen LogP) is 4.39. The van der Waals surface area contributed by atoms with Crippen LogP contribution in [0.5, 0.6) is 0 Å². The van der Waals surface area contributed by atoms with Crippen molar-refractivity contribution in [1.29, 1.82) is 0 Å². The lowest BCUT2D eigenvalue weighted by Gasteiger charge is -2.15. The molecule has 0 bridgehead atoms. The molecule has 1 amide bonds. The van der Waals surface area contributed by atoms with E-state index in [1.165, 1.54) is 0 Å². The highest BCUT2D eigenvalue weighted by Gasteiger charge is 2.51. The van der Waals surface area contributed by atoms with Crippen molar-refractivity contribution in [2.24, 2.45) is 0 Å². The molecule has 0 saturated heterocycles. The van der Waals surface area contributed by atoms with Gasteiger partial charge in [0.25, 0.3) is 0 Å². The minimum atomic E-state index is -0.472. The van der Waals surface area contributed by atoms with Gasteiger partial charge in [0, 0.05) is 15.6 Å². The smallest absolute Gasteiger partial charge is 0.246 e.